The fraction of sp³-hybridized carbons (Fsp3) is 1.00. The molecule has 2 unspecified atom stereocenters. The summed E-state index contributed by atoms with van der Waals surface area (Å²) >= 11 is 0. The predicted molar refractivity (Wildman–Crippen MR) is 85.7 cm³/mol. The Bertz CT molecular complexity index is 235. The maximum atomic E-state index is 6.41. The normalized spacial score (nSPS) is 26.6. The van der Waals surface area contributed by atoms with Crippen molar-refractivity contribution in [2.75, 3.05) is 13.2 Å². The van der Waals surface area contributed by atoms with Crippen molar-refractivity contribution < 1.29 is 14.2 Å². The molecule has 2 aliphatic rings. The highest BCUT2D eigenvalue weighted by atomic mass is 16.6. The lowest BCUT2D eigenvalue weighted by Crippen LogP contribution is -2.30. The zero-order valence-electron chi connectivity index (χ0n) is 14.0. The van der Waals surface area contributed by atoms with Crippen LogP contribution in [0.1, 0.15) is 78.1 Å². The number of epoxide rings is 2. The highest BCUT2D eigenvalue weighted by molar-refractivity contribution is 4.86. The summed E-state index contributed by atoms with van der Waals surface area (Å²) in [6.45, 7) is 6.31. The van der Waals surface area contributed by atoms with Crippen LogP contribution in [0.2, 0.25) is 0 Å². The zero-order valence-corrected chi connectivity index (χ0v) is 14.0. The lowest BCUT2D eigenvalue weighted by molar-refractivity contribution is -0.0468. The molecule has 2 rings (SSSR count). The van der Waals surface area contributed by atoms with E-state index in [1.165, 1.54) is 51.4 Å². The van der Waals surface area contributed by atoms with E-state index in [-0.39, 0.29) is 0 Å². The number of unbranched alkanes of at least 4 members (excludes halogenated alkanes) is 6. The van der Waals surface area contributed by atoms with Gasteiger partial charge in [0.05, 0.1) is 25.4 Å². The first-order valence-corrected chi connectivity index (χ1v) is 9.23. The zero-order chi connectivity index (χ0) is 14.9. The van der Waals surface area contributed by atoms with E-state index in [0.29, 0.717) is 24.4 Å². The maximum Gasteiger partial charge on any atom is 0.107 e. The van der Waals surface area contributed by atoms with E-state index in [2.05, 4.69) is 13.8 Å². The second kappa shape index (κ2) is 9.81. The van der Waals surface area contributed by atoms with Crippen LogP contribution in [0.15, 0.2) is 0 Å². The molecule has 0 bridgehead atoms. The summed E-state index contributed by atoms with van der Waals surface area (Å²) in [7, 11) is 0. The summed E-state index contributed by atoms with van der Waals surface area (Å²) in [5, 5.41) is 0. The second-order valence-corrected chi connectivity index (χ2v) is 6.66. The van der Waals surface area contributed by atoms with Crippen LogP contribution in [-0.2, 0) is 14.2 Å². The minimum absolute atomic E-state index is 0.308. The van der Waals surface area contributed by atoms with Crippen molar-refractivity contribution in [2.45, 2.75) is 102 Å². The summed E-state index contributed by atoms with van der Waals surface area (Å²) in [6.07, 6.45) is 14.1. The van der Waals surface area contributed by atoms with Crippen LogP contribution in [0.5, 0.6) is 0 Å². The van der Waals surface area contributed by atoms with Gasteiger partial charge in [-0.2, -0.15) is 0 Å². The largest absolute Gasteiger partial charge is 0.370 e. The highest BCUT2D eigenvalue weighted by Crippen LogP contribution is 2.29. The van der Waals surface area contributed by atoms with E-state index in [1.54, 1.807) is 0 Å². The average Bonchev–Trinajstić information content (AvgIpc) is 3.37. The van der Waals surface area contributed by atoms with Crippen molar-refractivity contribution >= 4 is 0 Å². The predicted octanol–water partition coefficient (Wildman–Crippen LogP) is 4.48. The van der Waals surface area contributed by atoms with Gasteiger partial charge in [0, 0.05) is 0 Å². The fourth-order valence-electron chi connectivity index (χ4n) is 2.99. The van der Waals surface area contributed by atoms with Gasteiger partial charge in [-0.3, -0.25) is 0 Å². The lowest BCUT2D eigenvalue weighted by Gasteiger charge is -2.23. The third kappa shape index (κ3) is 7.12. The van der Waals surface area contributed by atoms with Crippen molar-refractivity contribution in [3.63, 3.8) is 0 Å². The highest BCUT2D eigenvalue weighted by Gasteiger charge is 2.39. The van der Waals surface area contributed by atoms with Crippen molar-refractivity contribution in [2.24, 2.45) is 0 Å². The molecule has 4 atom stereocenters. The topological polar surface area (TPSA) is 34.3 Å². The number of ether oxygens (including phenoxy) is 3. The molecule has 0 aromatic carbocycles. The van der Waals surface area contributed by atoms with Crippen molar-refractivity contribution in [3.8, 4) is 0 Å². The van der Waals surface area contributed by atoms with Crippen molar-refractivity contribution in [3.05, 3.63) is 0 Å². The second-order valence-electron chi connectivity index (χ2n) is 6.66. The van der Waals surface area contributed by atoms with Crippen LogP contribution in [-0.4, -0.2) is 37.6 Å². The smallest absolute Gasteiger partial charge is 0.107 e. The molecule has 124 valence electrons. The van der Waals surface area contributed by atoms with Crippen LogP contribution < -0.4 is 0 Å². The molecule has 0 radical (unpaired) electrons. The summed E-state index contributed by atoms with van der Waals surface area (Å²) in [4.78, 5) is 0. The minimum atomic E-state index is 0.308. The Hall–Kier alpha value is -0.120. The van der Waals surface area contributed by atoms with Gasteiger partial charge in [-0.1, -0.05) is 65.2 Å². The molecule has 2 fully saturated rings. The molecule has 0 N–H and O–H groups in total. The Morgan fingerprint density at radius 1 is 0.762 bits per heavy atom. The standard InChI is InChI=1S/C18H34O3/c1-3-5-7-9-11-15(17-13-19-17)21-16(18-14-20-18)12-10-8-6-4-2/h15-18H,3-14H2,1-2H3/t15?,16?,17-,18-/m0/s1. The Morgan fingerprint density at radius 2 is 1.19 bits per heavy atom. The van der Waals surface area contributed by atoms with E-state index in [1.807, 2.05) is 0 Å². The van der Waals surface area contributed by atoms with E-state index >= 15 is 0 Å². The van der Waals surface area contributed by atoms with E-state index in [9.17, 15) is 0 Å². The Morgan fingerprint density at radius 3 is 1.52 bits per heavy atom. The molecule has 3 heteroatoms. The third-order valence-corrected chi connectivity index (χ3v) is 4.58. The Kier molecular flexibility index (Phi) is 8.05. The summed E-state index contributed by atoms with van der Waals surface area (Å²) < 4.78 is 17.4. The van der Waals surface area contributed by atoms with E-state index < -0.39 is 0 Å². The number of rotatable bonds is 14. The monoisotopic (exact) mass is 298 g/mol. The van der Waals surface area contributed by atoms with Crippen LogP contribution in [0, 0.1) is 0 Å². The molecule has 0 saturated carbocycles. The lowest BCUT2D eigenvalue weighted by atomic mass is 10.0. The molecule has 2 heterocycles. The Labute approximate surface area is 130 Å². The number of hydrogen-bond acceptors (Lipinski definition) is 3. The first-order valence-electron chi connectivity index (χ1n) is 9.23. The molecule has 0 aromatic heterocycles. The van der Waals surface area contributed by atoms with Gasteiger partial charge < -0.3 is 14.2 Å². The van der Waals surface area contributed by atoms with Gasteiger partial charge in [-0.15, -0.1) is 0 Å². The first kappa shape index (κ1) is 17.2. The van der Waals surface area contributed by atoms with E-state index in [0.717, 1.165) is 26.1 Å². The van der Waals surface area contributed by atoms with Gasteiger partial charge in [-0.05, 0) is 12.8 Å². The van der Waals surface area contributed by atoms with Crippen LogP contribution >= 0.6 is 0 Å². The van der Waals surface area contributed by atoms with Crippen LogP contribution in [0.4, 0.5) is 0 Å². The van der Waals surface area contributed by atoms with Crippen molar-refractivity contribution in [1.29, 1.82) is 0 Å². The summed E-state index contributed by atoms with van der Waals surface area (Å²) in [5.74, 6) is 0. The van der Waals surface area contributed by atoms with Crippen LogP contribution in [0.3, 0.4) is 0 Å². The number of hydrogen-bond donors (Lipinski definition) is 0. The van der Waals surface area contributed by atoms with Gasteiger partial charge in [0.1, 0.15) is 12.2 Å². The van der Waals surface area contributed by atoms with Gasteiger partial charge in [0.15, 0.2) is 0 Å². The molecule has 3 nitrogen and oxygen atoms in total. The molecule has 21 heavy (non-hydrogen) atoms. The molecule has 0 aliphatic carbocycles. The molecular weight excluding hydrogens is 264 g/mol. The molecular formula is C18H34O3. The average molecular weight is 298 g/mol. The summed E-state index contributed by atoms with van der Waals surface area (Å²) in [5.41, 5.74) is 0. The quantitative estimate of drug-likeness (QED) is 0.350. The Balaban J connectivity index is 1.68. The minimum Gasteiger partial charge on any atom is -0.370 e. The molecule has 0 aromatic rings. The maximum absolute atomic E-state index is 6.41. The molecule has 0 spiro atoms. The van der Waals surface area contributed by atoms with Crippen molar-refractivity contribution in [1.82, 2.24) is 0 Å². The van der Waals surface area contributed by atoms with E-state index in [4.69, 9.17) is 14.2 Å². The van der Waals surface area contributed by atoms with Gasteiger partial charge in [0.2, 0.25) is 0 Å². The van der Waals surface area contributed by atoms with Gasteiger partial charge in [-0.25, -0.2) is 0 Å². The molecule has 2 saturated heterocycles. The first-order chi connectivity index (χ1) is 10.3. The molecule has 0 amide bonds. The third-order valence-electron chi connectivity index (χ3n) is 4.58. The summed E-state index contributed by atoms with van der Waals surface area (Å²) in [6, 6.07) is 0. The van der Waals surface area contributed by atoms with Crippen LogP contribution in [0.25, 0.3) is 0 Å². The SMILES string of the molecule is CCCCCCC(OC(CCCCCC)[C@@H]1CO1)[C@@H]1CO1. The van der Waals surface area contributed by atoms with Gasteiger partial charge in [0.25, 0.3) is 0 Å². The molecule has 2 aliphatic heterocycles. The fourth-order valence-corrected chi connectivity index (χ4v) is 2.99. The van der Waals surface area contributed by atoms with Gasteiger partial charge >= 0.3 is 0 Å².